The van der Waals surface area contributed by atoms with Gasteiger partial charge in [0.15, 0.2) is 0 Å². The third-order valence-electron chi connectivity index (χ3n) is 3.43. The van der Waals surface area contributed by atoms with Crippen molar-refractivity contribution in [3.05, 3.63) is 64.7 Å². The highest BCUT2D eigenvalue weighted by Gasteiger charge is 2.20. The van der Waals surface area contributed by atoms with Gasteiger partial charge in [-0.15, -0.1) is 0 Å². The summed E-state index contributed by atoms with van der Waals surface area (Å²) in [6.45, 7) is 1.89. The number of aryl methyl sites for hydroxylation is 2. The van der Waals surface area contributed by atoms with Crippen LogP contribution in [0.3, 0.4) is 0 Å². The number of carbonyl (C=O) groups excluding carboxylic acids is 1. The summed E-state index contributed by atoms with van der Waals surface area (Å²) in [5, 5.41) is 8.54. The fourth-order valence-corrected chi connectivity index (χ4v) is 2.50. The number of halogens is 1. The second-order valence-electron chi connectivity index (χ2n) is 5.07. The molecule has 0 N–H and O–H groups in total. The molecule has 0 unspecified atom stereocenters. The predicted molar refractivity (Wildman–Crippen MR) is 85.6 cm³/mol. The van der Waals surface area contributed by atoms with Crippen LogP contribution in [-0.2, 0) is 18.4 Å². The van der Waals surface area contributed by atoms with Crippen molar-refractivity contribution in [3.8, 4) is 5.69 Å². The van der Waals surface area contributed by atoms with Crippen LogP contribution in [-0.4, -0.2) is 25.5 Å². The molecule has 3 rings (SSSR count). The van der Waals surface area contributed by atoms with E-state index in [1.165, 1.54) is 4.68 Å². The maximum atomic E-state index is 12.2. The van der Waals surface area contributed by atoms with Crippen molar-refractivity contribution in [3.63, 3.8) is 0 Å². The number of ether oxygens (including phenoxy) is 1. The Hall–Kier alpha value is -2.60. The van der Waals surface area contributed by atoms with E-state index in [9.17, 15) is 4.79 Å². The molecule has 3 aromatic rings. The van der Waals surface area contributed by atoms with Crippen LogP contribution in [0.1, 0.15) is 21.6 Å². The van der Waals surface area contributed by atoms with E-state index in [4.69, 9.17) is 16.3 Å². The molecule has 0 fully saturated rings. The summed E-state index contributed by atoms with van der Waals surface area (Å²) in [6, 6.07) is 9.47. The SMILES string of the molecule is Cc1nn(C)c(Cl)c1C(=O)OCc1ccc(-n2cccn2)cc1. The maximum Gasteiger partial charge on any atom is 0.343 e. The minimum atomic E-state index is -0.475. The summed E-state index contributed by atoms with van der Waals surface area (Å²) < 4.78 is 8.53. The van der Waals surface area contributed by atoms with E-state index >= 15 is 0 Å². The molecule has 0 aliphatic carbocycles. The van der Waals surface area contributed by atoms with E-state index in [1.54, 1.807) is 24.9 Å². The molecular formula is C16H15ClN4O2. The number of carbonyl (C=O) groups is 1. The molecule has 0 spiro atoms. The highest BCUT2D eigenvalue weighted by molar-refractivity contribution is 6.32. The number of hydrogen-bond acceptors (Lipinski definition) is 4. The van der Waals surface area contributed by atoms with Crippen molar-refractivity contribution in [2.75, 3.05) is 0 Å². The molecule has 0 saturated heterocycles. The van der Waals surface area contributed by atoms with E-state index in [1.807, 2.05) is 36.5 Å². The van der Waals surface area contributed by atoms with Crippen LogP contribution in [0.4, 0.5) is 0 Å². The van der Waals surface area contributed by atoms with Crippen LogP contribution >= 0.6 is 11.6 Å². The average molecular weight is 331 g/mol. The predicted octanol–water partition coefficient (Wildman–Crippen LogP) is 2.92. The first-order valence-corrected chi connectivity index (χ1v) is 7.39. The molecule has 1 aromatic carbocycles. The zero-order valence-electron chi connectivity index (χ0n) is 12.7. The summed E-state index contributed by atoms with van der Waals surface area (Å²) in [6.07, 6.45) is 3.58. The van der Waals surface area contributed by atoms with Crippen LogP contribution in [0.15, 0.2) is 42.7 Å². The molecule has 0 aliphatic heterocycles. The molecule has 0 radical (unpaired) electrons. The Kier molecular flexibility index (Phi) is 4.16. The number of rotatable bonds is 4. The molecule has 2 aromatic heterocycles. The van der Waals surface area contributed by atoms with Crippen molar-refractivity contribution in [1.29, 1.82) is 0 Å². The highest BCUT2D eigenvalue weighted by Crippen LogP contribution is 2.20. The van der Waals surface area contributed by atoms with Gasteiger partial charge in [0, 0.05) is 19.4 Å². The summed E-state index contributed by atoms with van der Waals surface area (Å²) in [5.41, 5.74) is 2.68. The highest BCUT2D eigenvalue weighted by atomic mass is 35.5. The van der Waals surface area contributed by atoms with Gasteiger partial charge in [-0.25, -0.2) is 9.48 Å². The third kappa shape index (κ3) is 3.12. The van der Waals surface area contributed by atoms with Crippen LogP contribution in [0.5, 0.6) is 0 Å². The molecular weight excluding hydrogens is 316 g/mol. The van der Waals surface area contributed by atoms with Gasteiger partial charge in [0.25, 0.3) is 0 Å². The molecule has 0 amide bonds. The van der Waals surface area contributed by atoms with Crippen LogP contribution in [0.2, 0.25) is 5.15 Å². The van der Waals surface area contributed by atoms with Crippen molar-refractivity contribution in [2.24, 2.45) is 7.05 Å². The minimum absolute atomic E-state index is 0.170. The van der Waals surface area contributed by atoms with Gasteiger partial charge in [-0.1, -0.05) is 23.7 Å². The summed E-state index contributed by atoms with van der Waals surface area (Å²) in [5.74, 6) is -0.475. The van der Waals surface area contributed by atoms with E-state index < -0.39 is 5.97 Å². The molecule has 7 heteroatoms. The first kappa shape index (κ1) is 15.3. The zero-order chi connectivity index (χ0) is 16.4. The number of benzene rings is 1. The van der Waals surface area contributed by atoms with Gasteiger partial charge in [0.2, 0.25) is 0 Å². The fraction of sp³-hybridized carbons (Fsp3) is 0.188. The topological polar surface area (TPSA) is 61.9 Å². The lowest BCUT2D eigenvalue weighted by atomic mass is 10.2. The lowest BCUT2D eigenvalue weighted by Crippen LogP contribution is -2.07. The number of aromatic nitrogens is 4. The Balaban J connectivity index is 1.67. The van der Waals surface area contributed by atoms with E-state index in [0.29, 0.717) is 11.3 Å². The van der Waals surface area contributed by atoms with Crippen LogP contribution in [0, 0.1) is 6.92 Å². The number of nitrogens with zero attached hydrogens (tertiary/aromatic N) is 4. The standard InChI is InChI=1S/C16H15ClN4O2/c1-11-14(15(17)20(2)19-11)16(22)23-10-12-4-6-13(7-5-12)21-9-3-8-18-21/h3-9H,10H2,1-2H3. The Morgan fingerprint density at radius 2 is 2.04 bits per heavy atom. The van der Waals surface area contributed by atoms with Crippen molar-refractivity contribution >= 4 is 17.6 Å². The molecule has 23 heavy (non-hydrogen) atoms. The number of esters is 1. The normalized spacial score (nSPS) is 10.7. The first-order chi connectivity index (χ1) is 11.1. The number of hydrogen-bond donors (Lipinski definition) is 0. The van der Waals surface area contributed by atoms with Gasteiger partial charge in [-0.3, -0.25) is 4.68 Å². The quantitative estimate of drug-likeness (QED) is 0.690. The summed E-state index contributed by atoms with van der Waals surface area (Å²) in [7, 11) is 1.68. The summed E-state index contributed by atoms with van der Waals surface area (Å²) >= 11 is 6.06. The lowest BCUT2D eigenvalue weighted by Gasteiger charge is -2.06. The van der Waals surface area contributed by atoms with E-state index in [0.717, 1.165) is 11.3 Å². The molecule has 2 heterocycles. The lowest BCUT2D eigenvalue weighted by molar-refractivity contribution is 0.0472. The van der Waals surface area contributed by atoms with Crippen LogP contribution < -0.4 is 0 Å². The smallest absolute Gasteiger partial charge is 0.343 e. The first-order valence-electron chi connectivity index (χ1n) is 7.01. The second-order valence-corrected chi connectivity index (χ2v) is 5.43. The zero-order valence-corrected chi connectivity index (χ0v) is 13.5. The molecule has 6 nitrogen and oxygen atoms in total. The molecule has 0 bridgehead atoms. The Labute approximate surface area is 138 Å². The summed E-state index contributed by atoms with van der Waals surface area (Å²) in [4.78, 5) is 12.2. The Bertz CT molecular complexity index is 823. The minimum Gasteiger partial charge on any atom is -0.457 e. The van der Waals surface area contributed by atoms with Gasteiger partial charge >= 0.3 is 5.97 Å². The monoisotopic (exact) mass is 330 g/mol. The van der Waals surface area contributed by atoms with Crippen molar-refractivity contribution < 1.29 is 9.53 Å². The molecule has 118 valence electrons. The maximum absolute atomic E-state index is 12.2. The van der Waals surface area contributed by atoms with Gasteiger partial charge in [0.05, 0.1) is 11.4 Å². The Morgan fingerprint density at radius 3 is 2.61 bits per heavy atom. The third-order valence-corrected chi connectivity index (χ3v) is 3.87. The van der Waals surface area contributed by atoms with Gasteiger partial charge in [-0.2, -0.15) is 10.2 Å². The average Bonchev–Trinajstić information content (AvgIpc) is 3.15. The van der Waals surface area contributed by atoms with E-state index in [2.05, 4.69) is 10.2 Å². The largest absolute Gasteiger partial charge is 0.457 e. The van der Waals surface area contributed by atoms with Gasteiger partial charge < -0.3 is 4.74 Å². The second kappa shape index (κ2) is 6.26. The van der Waals surface area contributed by atoms with Gasteiger partial charge in [0.1, 0.15) is 17.3 Å². The van der Waals surface area contributed by atoms with E-state index in [-0.39, 0.29) is 11.8 Å². The Morgan fingerprint density at radius 1 is 1.30 bits per heavy atom. The van der Waals surface area contributed by atoms with Gasteiger partial charge in [-0.05, 0) is 30.7 Å². The molecule has 0 atom stereocenters. The fourth-order valence-electron chi connectivity index (χ4n) is 2.25. The van der Waals surface area contributed by atoms with Crippen molar-refractivity contribution in [2.45, 2.75) is 13.5 Å². The van der Waals surface area contributed by atoms with Crippen molar-refractivity contribution in [1.82, 2.24) is 19.6 Å². The molecule has 0 aliphatic rings. The van der Waals surface area contributed by atoms with Crippen LogP contribution in [0.25, 0.3) is 5.69 Å². The molecule has 0 saturated carbocycles.